The molecule has 2 aromatic carbocycles. The lowest BCUT2D eigenvalue weighted by atomic mass is 10.2. The van der Waals surface area contributed by atoms with Gasteiger partial charge in [-0.1, -0.05) is 12.1 Å². The number of aromatic hydroxyl groups is 1. The Hall–Kier alpha value is -2.78. The van der Waals surface area contributed by atoms with E-state index in [1.807, 2.05) is 6.07 Å². The number of phenolic OH excluding ortho intramolecular Hbond substituents is 1. The van der Waals surface area contributed by atoms with Crippen LogP contribution in [0.1, 0.15) is 11.1 Å². The summed E-state index contributed by atoms with van der Waals surface area (Å²) < 4.78 is 25.3. The molecule has 0 aliphatic rings. The first-order chi connectivity index (χ1) is 10.8. The molecule has 0 saturated heterocycles. The standard InChI is InChI=1S/C17H16N2O3S/c1-12-3-4-13(2)17(9-12)23(21,22)16(10-18)11-19-14-5-7-15(20)8-6-14/h3-9,11,19-20H,1-2H3. The molecule has 0 unspecified atom stereocenters. The minimum absolute atomic E-state index is 0.100. The average molecular weight is 328 g/mol. The minimum atomic E-state index is -3.89. The number of nitrogens with zero attached hydrogens (tertiary/aromatic N) is 1. The quantitative estimate of drug-likeness (QED) is 0.664. The lowest BCUT2D eigenvalue weighted by Crippen LogP contribution is -2.07. The van der Waals surface area contributed by atoms with Crippen LogP contribution in [-0.4, -0.2) is 13.5 Å². The highest BCUT2D eigenvalue weighted by atomic mass is 32.2. The van der Waals surface area contributed by atoms with Crippen molar-refractivity contribution in [2.45, 2.75) is 18.7 Å². The second-order valence-electron chi connectivity index (χ2n) is 5.08. The van der Waals surface area contributed by atoms with Crippen molar-refractivity contribution in [1.82, 2.24) is 0 Å². The molecule has 0 spiro atoms. The van der Waals surface area contributed by atoms with E-state index < -0.39 is 9.84 Å². The van der Waals surface area contributed by atoms with Crippen LogP contribution in [0.4, 0.5) is 5.69 Å². The Balaban J connectivity index is 2.39. The third-order valence-electron chi connectivity index (χ3n) is 3.27. The summed E-state index contributed by atoms with van der Waals surface area (Å²) in [5.74, 6) is 0.100. The number of anilines is 1. The fraction of sp³-hybridized carbons (Fsp3) is 0.118. The molecule has 0 amide bonds. The van der Waals surface area contributed by atoms with Crippen LogP contribution in [0.15, 0.2) is 58.5 Å². The Labute approximate surface area is 135 Å². The smallest absolute Gasteiger partial charge is 0.218 e. The lowest BCUT2D eigenvalue weighted by Gasteiger charge is -2.08. The van der Waals surface area contributed by atoms with Crippen molar-refractivity contribution in [2.24, 2.45) is 0 Å². The fourth-order valence-electron chi connectivity index (χ4n) is 1.99. The van der Waals surface area contributed by atoms with Gasteiger partial charge >= 0.3 is 0 Å². The van der Waals surface area contributed by atoms with Gasteiger partial charge in [-0.3, -0.25) is 0 Å². The number of rotatable bonds is 4. The molecule has 2 N–H and O–H groups in total. The molecule has 2 rings (SSSR count). The van der Waals surface area contributed by atoms with Crippen LogP contribution < -0.4 is 5.32 Å². The first-order valence-electron chi connectivity index (χ1n) is 6.83. The SMILES string of the molecule is Cc1ccc(C)c(S(=O)(=O)C(C#N)=CNc2ccc(O)cc2)c1. The maximum Gasteiger partial charge on any atom is 0.218 e. The molecule has 0 aromatic heterocycles. The van der Waals surface area contributed by atoms with Crippen LogP contribution in [0, 0.1) is 25.2 Å². The molecule has 0 bridgehead atoms. The molecule has 2 aromatic rings. The molecule has 0 saturated carbocycles. The van der Waals surface area contributed by atoms with E-state index in [4.69, 9.17) is 0 Å². The fourth-order valence-corrected chi connectivity index (χ4v) is 3.40. The summed E-state index contributed by atoms with van der Waals surface area (Å²) in [6, 6.07) is 12.9. The zero-order chi connectivity index (χ0) is 17.0. The highest BCUT2D eigenvalue weighted by Gasteiger charge is 2.23. The second kappa shape index (κ2) is 6.55. The van der Waals surface area contributed by atoms with Crippen molar-refractivity contribution < 1.29 is 13.5 Å². The number of sulfone groups is 1. The predicted octanol–water partition coefficient (Wildman–Crippen LogP) is 3.26. The van der Waals surface area contributed by atoms with Crippen LogP contribution in [0.5, 0.6) is 5.75 Å². The van der Waals surface area contributed by atoms with Gasteiger partial charge in [0.1, 0.15) is 11.8 Å². The van der Waals surface area contributed by atoms with E-state index in [9.17, 15) is 18.8 Å². The lowest BCUT2D eigenvalue weighted by molar-refractivity contribution is 0.475. The van der Waals surface area contributed by atoms with Gasteiger partial charge in [-0.2, -0.15) is 5.26 Å². The van der Waals surface area contributed by atoms with E-state index in [1.54, 1.807) is 44.2 Å². The summed E-state index contributed by atoms with van der Waals surface area (Å²) >= 11 is 0. The average Bonchev–Trinajstić information content (AvgIpc) is 2.51. The van der Waals surface area contributed by atoms with Crippen LogP contribution >= 0.6 is 0 Å². The van der Waals surface area contributed by atoms with Crippen molar-refractivity contribution in [3.05, 3.63) is 64.7 Å². The summed E-state index contributed by atoms with van der Waals surface area (Å²) in [5.41, 5.74) is 1.95. The molecule has 0 heterocycles. The summed E-state index contributed by atoms with van der Waals surface area (Å²) in [7, 11) is -3.89. The number of hydrogen-bond acceptors (Lipinski definition) is 5. The third kappa shape index (κ3) is 3.71. The van der Waals surface area contributed by atoms with Gasteiger partial charge in [0.15, 0.2) is 4.91 Å². The van der Waals surface area contributed by atoms with Crippen molar-refractivity contribution >= 4 is 15.5 Å². The molecule has 118 valence electrons. The molecular formula is C17H16N2O3S. The Morgan fingerprint density at radius 1 is 1.17 bits per heavy atom. The normalized spacial score (nSPS) is 11.8. The Bertz CT molecular complexity index is 892. The topological polar surface area (TPSA) is 90.2 Å². The van der Waals surface area contributed by atoms with E-state index in [0.29, 0.717) is 11.3 Å². The molecule has 5 nitrogen and oxygen atoms in total. The summed E-state index contributed by atoms with van der Waals surface area (Å²) in [6.45, 7) is 3.48. The van der Waals surface area contributed by atoms with Gasteiger partial charge in [0.25, 0.3) is 0 Å². The second-order valence-corrected chi connectivity index (χ2v) is 6.97. The van der Waals surface area contributed by atoms with E-state index >= 15 is 0 Å². The number of allylic oxidation sites excluding steroid dienone is 1. The van der Waals surface area contributed by atoms with Crippen LogP contribution in [0.25, 0.3) is 0 Å². The number of hydrogen-bond donors (Lipinski definition) is 2. The van der Waals surface area contributed by atoms with Crippen molar-refractivity contribution in [2.75, 3.05) is 5.32 Å². The van der Waals surface area contributed by atoms with Crippen LogP contribution in [0.2, 0.25) is 0 Å². The highest BCUT2D eigenvalue weighted by molar-refractivity contribution is 7.95. The first kappa shape index (κ1) is 16.6. The van der Waals surface area contributed by atoms with E-state index in [1.165, 1.54) is 12.1 Å². The minimum Gasteiger partial charge on any atom is -0.508 e. The summed E-state index contributed by atoms with van der Waals surface area (Å²) in [6.07, 6.45) is 1.16. The van der Waals surface area contributed by atoms with Gasteiger partial charge in [0.05, 0.1) is 4.90 Å². The van der Waals surface area contributed by atoms with E-state index in [0.717, 1.165) is 11.8 Å². The van der Waals surface area contributed by atoms with E-state index in [2.05, 4.69) is 5.32 Å². The molecule has 0 atom stereocenters. The highest BCUT2D eigenvalue weighted by Crippen LogP contribution is 2.24. The van der Waals surface area contributed by atoms with Gasteiger partial charge in [-0.05, 0) is 55.3 Å². The molecule has 0 radical (unpaired) electrons. The number of nitrogens with one attached hydrogen (secondary N) is 1. The van der Waals surface area contributed by atoms with Crippen molar-refractivity contribution in [1.29, 1.82) is 5.26 Å². The maximum absolute atomic E-state index is 12.6. The van der Waals surface area contributed by atoms with Crippen LogP contribution in [0.3, 0.4) is 0 Å². The first-order valence-corrected chi connectivity index (χ1v) is 8.31. The molecular weight excluding hydrogens is 312 g/mol. The molecule has 0 aliphatic carbocycles. The number of phenols is 1. The third-order valence-corrected chi connectivity index (χ3v) is 5.08. The molecule has 6 heteroatoms. The zero-order valence-electron chi connectivity index (χ0n) is 12.7. The van der Waals surface area contributed by atoms with E-state index in [-0.39, 0.29) is 15.6 Å². The monoisotopic (exact) mass is 328 g/mol. The van der Waals surface area contributed by atoms with Crippen molar-refractivity contribution in [3.8, 4) is 11.8 Å². The van der Waals surface area contributed by atoms with Gasteiger partial charge < -0.3 is 10.4 Å². The molecule has 23 heavy (non-hydrogen) atoms. The van der Waals surface area contributed by atoms with Gasteiger partial charge in [-0.25, -0.2) is 8.42 Å². The van der Waals surface area contributed by atoms with Crippen LogP contribution in [-0.2, 0) is 9.84 Å². The predicted molar refractivity (Wildman–Crippen MR) is 88.5 cm³/mol. The molecule has 0 aliphatic heterocycles. The molecule has 0 fully saturated rings. The maximum atomic E-state index is 12.6. The number of benzene rings is 2. The van der Waals surface area contributed by atoms with Crippen molar-refractivity contribution in [3.63, 3.8) is 0 Å². The van der Waals surface area contributed by atoms with Gasteiger partial charge in [0.2, 0.25) is 9.84 Å². The summed E-state index contributed by atoms with van der Waals surface area (Å²) in [4.78, 5) is -0.253. The van der Waals surface area contributed by atoms with Gasteiger partial charge in [0, 0.05) is 11.9 Å². The number of aryl methyl sites for hydroxylation is 2. The Kier molecular flexibility index (Phi) is 4.72. The summed E-state index contributed by atoms with van der Waals surface area (Å²) in [5, 5.41) is 21.2. The Morgan fingerprint density at radius 2 is 1.83 bits per heavy atom. The largest absolute Gasteiger partial charge is 0.508 e. The Morgan fingerprint density at radius 3 is 2.43 bits per heavy atom. The zero-order valence-corrected chi connectivity index (χ0v) is 13.6. The number of nitriles is 1. The van der Waals surface area contributed by atoms with Gasteiger partial charge in [-0.15, -0.1) is 0 Å².